The van der Waals surface area contributed by atoms with Crippen molar-refractivity contribution in [1.29, 1.82) is 0 Å². The minimum atomic E-state index is -0.766. The van der Waals surface area contributed by atoms with Gasteiger partial charge >= 0.3 is 12.1 Å². The Morgan fingerprint density at radius 1 is 1.11 bits per heavy atom. The summed E-state index contributed by atoms with van der Waals surface area (Å²) < 4.78 is 7.26. The third-order valence-corrected chi connectivity index (χ3v) is 8.24. The maximum atomic E-state index is 12.6. The molecule has 8 nitrogen and oxygen atoms in total. The van der Waals surface area contributed by atoms with Gasteiger partial charge in [-0.1, -0.05) is 43.7 Å². The number of rotatable bonds is 5. The molecule has 8 heteroatoms. The molecule has 1 aliphatic heterocycles. The molecule has 5 rings (SSSR count). The summed E-state index contributed by atoms with van der Waals surface area (Å²) in [5.41, 5.74) is 4.35. The van der Waals surface area contributed by atoms with Crippen molar-refractivity contribution in [3.05, 3.63) is 59.4 Å². The van der Waals surface area contributed by atoms with Crippen molar-refractivity contribution in [3.63, 3.8) is 0 Å². The van der Waals surface area contributed by atoms with Crippen LogP contribution in [0.3, 0.4) is 0 Å². The molecule has 1 saturated carbocycles. The Bertz CT molecular complexity index is 1300. The molecule has 0 spiro atoms. The summed E-state index contributed by atoms with van der Waals surface area (Å²) in [4.78, 5) is 31.4. The van der Waals surface area contributed by atoms with Crippen molar-refractivity contribution < 1.29 is 24.5 Å². The summed E-state index contributed by atoms with van der Waals surface area (Å²) in [6.07, 6.45) is 3.30. The van der Waals surface area contributed by atoms with Gasteiger partial charge in [0.25, 0.3) is 0 Å². The van der Waals surface area contributed by atoms with E-state index >= 15 is 0 Å². The Labute approximate surface area is 216 Å². The zero-order valence-corrected chi connectivity index (χ0v) is 21.6. The lowest BCUT2D eigenvalue weighted by molar-refractivity contribution is -0.143. The third kappa shape index (κ3) is 4.48. The predicted molar refractivity (Wildman–Crippen MR) is 141 cm³/mol. The van der Waals surface area contributed by atoms with Crippen molar-refractivity contribution in [3.8, 4) is 0 Å². The standard InChI is InChI=1S/C29H35N3O5/c1-17-12-13-22-23(31(17)29(36)37-3)14-15-24-25(22)30-27(18(2)26(33)19-8-5-4-6-9-19)32(24)21-11-7-10-20(16-21)28(34)35/h4-6,8-9,14-15,17-18,20-21,26,33H,7,10-13,16H2,1-3H3,(H,34,35)/t17-,18?,20+,21+,26?/m0/s1. The van der Waals surface area contributed by atoms with Gasteiger partial charge in [-0.25, -0.2) is 9.78 Å². The number of nitrogens with zero attached hydrogens (tertiary/aromatic N) is 3. The van der Waals surface area contributed by atoms with E-state index in [1.165, 1.54) is 7.11 Å². The normalized spacial score (nSPS) is 23.4. The van der Waals surface area contributed by atoms with Gasteiger partial charge in [0.05, 0.1) is 35.9 Å². The number of anilines is 1. The quantitative estimate of drug-likeness (QED) is 0.468. The van der Waals surface area contributed by atoms with Gasteiger partial charge in [0.15, 0.2) is 0 Å². The highest BCUT2D eigenvalue weighted by Gasteiger charge is 2.36. The van der Waals surface area contributed by atoms with Crippen LogP contribution in [0.2, 0.25) is 0 Å². The minimum Gasteiger partial charge on any atom is -0.481 e. The predicted octanol–water partition coefficient (Wildman–Crippen LogP) is 5.60. The number of aliphatic carboxylic acids is 1. The number of carbonyl (C=O) groups excluding carboxylic acids is 1. The zero-order chi connectivity index (χ0) is 26.3. The second-order valence-corrected chi connectivity index (χ2v) is 10.5. The summed E-state index contributed by atoms with van der Waals surface area (Å²) in [6.45, 7) is 3.99. The smallest absolute Gasteiger partial charge is 0.414 e. The largest absolute Gasteiger partial charge is 0.481 e. The number of methoxy groups -OCH3 is 1. The number of carboxylic acid groups (broad SMARTS) is 1. The Morgan fingerprint density at radius 2 is 1.86 bits per heavy atom. The second-order valence-electron chi connectivity index (χ2n) is 10.5. The SMILES string of the molecule is COC(=O)N1c2ccc3c(nc(C(C)C(O)c4ccccc4)n3[C@@H]3CCC[C@@H](C(=O)O)C3)c2CC[C@@H]1C. The number of hydrogen-bond acceptors (Lipinski definition) is 5. The lowest BCUT2D eigenvalue weighted by atomic mass is 9.85. The first-order valence-corrected chi connectivity index (χ1v) is 13.2. The van der Waals surface area contributed by atoms with Gasteiger partial charge in [-0.2, -0.15) is 0 Å². The maximum Gasteiger partial charge on any atom is 0.414 e. The van der Waals surface area contributed by atoms with Gasteiger partial charge in [0.1, 0.15) is 5.82 Å². The number of carbonyl (C=O) groups is 2. The molecular weight excluding hydrogens is 470 g/mol. The number of hydrogen-bond donors (Lipinski definition) is 2. The lowest BCUT2D eigenvalue weighted by Crippen LogP contribution is -2.42. The number of benzene rings is 2. The van der Waals surface area contributed by atoms with Crippen LogP contribution in [0.4, 0.5) is 10.5 Å². The van der Waals surface area contributed by atoms with Gasteiger partial charge < -0.3 is 19.5 Å². The van der Waals surface area contributed by atoms with Crippen LogP contribution in [-0.2, 0) is 16.0 Å². The monoisotopic (exact) mass is 505 g/mol. The zero-order valence-electron chi connectivity index (χ0n) is 21.6. The molecular formula is C29H35N3O5. The van der Waals surface area contributed by atoms with Crippen molar-refractivity contribution in [2.75, 3.05) is 12.0 Å². The average Bonchev–Trinajstić information content (AvgIpc) is 3.32. The summed E-state index contributed by atoms with van der Waals surface area (Å²) >= 11 is 0. The van der Waals surface area contributed by atoms with E-state index < -0.39 is 24.1 Å². The van der Waals surface area contributed by atoms with Crippen LogP contribution in [0.5, 0.6) is 0 Å². The Kier molecular flexibility index (Phi) is 6.94. The molecule has 0 bridgehead atoms. The average molecular weight is 506 g/mol. The lowest BCUT2D eigenvalue weighted by Gasteiger charge is -2.34. The number of aliphatic hydroxyl groups is 1. The minimum absolute atomic E-state index is 0.00690. The topological polar surface area (TPSA) is 105 Å². The van der Waals surface area contributed by atoms with E-state index in [9.17, 15) is 19.8 Å². The van der Waals surface area contributed by atoms with Gasteiger partial charge in [-0.15, -0.1) is 0 Å². The van der Waals surface area contributed by atoms with Crippen LogP contribution in [0.25, 0.3) is 11.0 Å². The van der Waals surface area contributed by atoms with E-state index in [1.807, 2.05) is 56.3 Å². The van der Waals surface area contributed by atoms with Crippen LogP contribution in [-0.4, -0.2) is 45.0 Å². The van der Waals surface area contributed by atoms with E-state index in [2.05, 4.69) is 4.57 Å². The highest BCUT2D eigenvalue weighted by Crippen LogP contribution is 2.43. The molecule has 1 aromatic heterocycles. The van der Waals surface area contributed by atoms with Crippen LogP contribution in [0, 0.1) is 5.92 Å². The van der Waals surface area contributed by atoms with E-state index in [1.54, 1.807) is 4.90 Å². The number of carboxylic acids is 1. The first kappa shape index (κ1) is 25.3. The fraction of sp³-hybridized carbons (Fsp3) is 0.483. The molecule has 1 aliphatic carbocycles. The summed E-state index contributed by atoms with van der Waals surface area (Å²) in [6, 6.07) is 13.5. The molecule has 0 saturated heterocycles. The number of aromatic nitrogens is 2. The third-order valence-electron chi connectivity index (χ3n) is 8.24. The fourth-order valence-electron chi connectivity index (χ4n) is 6.20. The highest BCUT2D eigenvalue weighted by molar-refractivity contribution is 5.95. The highest BCUT2D eigenvalue weighted by atomic mass is 16.5. The number of imidazole rings is 1. The van der Waals surface area contributed by atoms with Crippen LogP contribution >= 0.6 is 0 Å². The van der Waals surface area contributed by atoms with Crippen LogP contribution in [0.15, 0.2) is 42.5 Å². The fourth-order valence-corrected chi connectivity index (χ4v) is 6.20. The van der Waals surface area contributed by atoms with Gasteiger partial charge in [-0.05, 0) is 56.7 Å². The van der Waals surface area contributed by atoms with Gasteiger partial charge in [0.2, 0.25) is 0 Å². The van der Waals surface area contributed by atoms with Crippen molar-refractivity contribution >= 4 is 28.8 Å². The van der Waals surface area contributed by atoms with Crippen LogP contribution < -0.4 is 4.90 Å². The van der Waals surface area contributed by atoms with E-state index in [4.69, 9.17) is 9.72 Å². The summed E-state index contributed by atoms with van der Waals surface area (Å²) in [7, 11) is 1.39. The molecule has 5 atom stereocenters. The van der Waals surface area contributed by atoms with E-state index in [-0.39, 0.29) is 18.0 Å². The summed E-state index contributed by atoms with van der Waals surface area (Å²) in [5, 5.41) is 21.1. The second kappa shape index (κ2) is 10.2. The van der Waals surface area contributed by atoms with Gasteiger partial charge in [-0.3, -0.25) is 9.69 Å². The number of fused-ring (bicyclic) bond motifs is 3. The van der Waals surface area contributed by atoms with Crippen molar-refractivity contribution in [2.24, 2.45) is 5.92 Å². The number of aryl methyl sites for hydroxylation is 1. The van der Waals surface area contributed by atoms with E-state index in [0.717, 1.165) is 59.4 Å². The molecule has 2 unspecified atom stereocenters. The van der Waals surface area contributed by atoms with Gasteiger partial charge in [0, 0.05) is 23.6 Å². The van der Waals surface area contributed by atoms with Crippen molar-refractivity contribution in [1.82, 2.24) is 9.55 Å². The molecule has 3 aromatic rings. The Balaban J connectivity index is 1.67. The molecule has 37 heavy (non-hydrogen) atoms. The number of ether oxygens (including phenoxy) is 1. The van der Waals surface area contributed by atoms with Crippen molar-refractivity contribution in [2.45, 2.75) is 76.5 Å². The molecule has 0 radical (unpaired) electrons. The molecule has 2 aromatic carbocycles. The summed E-state index contributed by atoms with van der Waals surface area (Å²) in [5.74, 6) is -0.728. The molecule has 2 heterocycles. The number of amides is 1. The first-order valence-electron chi connectivity index (χ1n) is 13.2. The maximum absolute atomic E-state index is 12.6. The Morgan fingerprint density at radius 3 is 2.57 bits per heavy atom. The van der Waals surface area contributed by atoms with E-state index in [0.29, 0.717) is 12.8 Å². The molecule has 1 fully saturated rings. The van der Waals surface area contributed by atoms with Crippen LogP contribution in [0.1, 0.15) is 81.0 Å². The Hall–Kier alpha value is -3.39. The molecule has 1 amide bonds. The molecule has 2 aliphatic rings. The number of aliphatic hydroxyl groups excluding tert-OH is 1. The first-order chi connectivity index (χ1) is 17.8. The molecule has 196 valence electrons. The molecule has 2 N–H and O–H groups in total.